The van der Waals surface area contributed by atoms with Gasteiger partial charge in [-0.3, -0.25) is 4.79 Å². The van der Waals surface area contributed by atoms with Crippen molar-refractivity contribution in [1.29, 1.82) is 0 Å². The first kappa shape index (κ1) is 16.2. The molecule has 4 N–H and O–H groups in total. The Kier molecular flexibility index (Phi) is 8.34. The van der Waals surface area contributed by atoms with Crippen LogP contribution < -0.4 is 16.0 Å². The number of urea groups is 1. The van der Waals surface area contributed by atoms with Gasteiger partial charge in [-0.15, -0.1) is 0 Å². The molecule has 18 heavy (non-hydrogen) atoms. The monoisotopic (exact) mass is 259 g/mol. The number of carbonyl (C=O) groups excluding carboxylic acids is 2. The Morgan fingerprint density at radius 3 is 2.33 bits per heavy atom. The van der Waals surface area contributed by atoms with Gasteiger partial charge in [-0.05, 0) is 13.3 Å². The Morgan fingerprint density at radius 2 is 1.83 bits per heavy atom. The SMILES string of the molecule is CCC[C@@H](NC(=O)NCCC(=O)NCC)C(=O)O. The lowest BCUT2D eigenvalue weighted by atomic mass is 10.2. The molecule has 0 unspecified atom stereocenters. The normalized spacial score (nSPS) is 11.4. The molecule has 7 nitrogen and oxygen atoms in total. The molecular formula is C11H21N3O4. The maximum atomic E-state index is 11.4. The highest BCUT2D eigenvalue weighted by atomic mass is 16.4. The molecule has 0 aliphatic rings. The zero-order valence-electron chi connectivity index (χ0n) is 10.8. The topological polar surface area (TPSA) is 108 Å². The third kappa shape index (κ3) is 7.48. The van der Waals surface area contributed by atoms with Gasteiger partial charge >= 0.3 is 12.0 Å². The molecule has 0 radical (unpaired) electrons. The van der Waals surface area contributed by atoms with Crippen LogP contribution in [-0.2, 0) is 9.59 Å². The van der Waals surface area contributed by atoms with E-state index in [1.807, 2.05) is 6.92 Å². The Bertz CT molecular complexity index is 294. The van der Waals surface area contributed by atoms with Gasteiger partial charge in [-0.25, -0.2) is 9.59 Å². The van der Waals surface area contributed by atoms with E-state index < -0.39 is 18.0 Å². The van der Waals surface area contributed by atoms with Gasteiger partial charge in [0.05, 0.1) is 0 Å². The van der Waals surface area contributed by atoms with Crippen molar-refractivity contribution in [3.8, 4) is 0 Å². The number of carboxylic acids is 1. The predicted octanol–water partition coefficient (Wildman–Crippen LogP) is 0.0651. The average molecular weight is 259 g/mol. The molecule has 104 valence electrons. The average Bonchev–Trinajstić information content (AvgIpc) is 2.28. The van der Waals surface area contributed by atoms with Gasteiger partial charge in [-0.2, -0.15) is 0 Å². The zero-order chi connectivity index (χ0) is 14.0. The Balaban J connectivity index is 3.88. The standard InChI is InChI=1S/C11H21N3O4/c1-3-5-8(10(16)17)14-11(18)13-7-6-9(15)12-4-2/h8H,3-7H2,1-2H3,(H,12,15)(H,16,17)(H2,13,14,18)/t8-/m1/s1. The number of rotatable bonds is 8. The first-order valence-corrected chi connectivity index (χ1v) is 6.05. The summed E-state index contributed by atoms with van der Waals surface area (Å²) in [6.07, 6.45) is 1.21. The highest BCUT2D eigenvalue weighted by Gasteiger charge is 2.18. The van der Waals surface area contributed by atoms with Crippen LogP contribution in [0.3, 0.4) is 0 Å². The molecule has 0 fully saturated rings. The summed E-state index contributed by atoms with van der Waals surface area (Å²) >= 11 is 0. The van der Waals surface area contributed by atoms with Crippen molar-refractivity contribution < 1.29 is 19.5 Å². The van der Waals surface area contributed by atoms with Crippen LogP contribution in [-0.4, -0.2) is 42.1 Å². The lowest BCUT2D eigenvalue weighted by Crippen LogP contribution is -2.46. The van der Waals surface area contributed by atoms with Crippen molar-refractivity contribution in [1.82, 2.24) is 16.0 Å². The molecule has 0 bridgehead atoms. The largest absolute Gasteiger partial charge is 0.480 e. The summed E-state index contributed by atoms with van der Waals surface area (Å²) in [6, 6.07) is -1.46. The van der Waals surface area contributed by atoms with Gasteiger partial charge in [0.25, 0.3) is 0 Å². The first-order chi connectivity index (χ1) is 8.51. The number of nitrogens with one attached hydrogen (secondary N) is 3. The van der Waals surface area contributed by atoms with Crippen LogP contribution in [0.25, 0.3) is 0 Å². The predicted molar refractivity (Wildman–Crippen MR) is 66.2 cm³/mol. The van der Waals surface area contributed by atoms with Gasteiger partial charge in [0.2, 0.25) is 5.91 Å². The van der Waals surface area contributed by atoms with Crippen molar-refractivity contribution in [3.63, 3.8) is 0 Å². The lowest BCUT2D eigenvalue weighted by molar-refractivity contribution is -0.139. The van der Waals surface area contributed by atoms with E-state index in [1.54, 1.807) is 6.92 Å². The fraction of sp³-hybridized carbons (Fsp3) is 0.727. The smallest absolute Gasteiger partial charge is 0.326 e. The summed E-state index contributed by atoms with van der Waals surface area (Å²) in [5.41, 5.74) is 0. The second-order valence-corrected chi connectivity index (χ2v) is 3.78. The van der Waals surface area contributed by atoms with Crippen LogP contribution in [0.5, 0.6) is 0 Å². The molecule has 0 spiro atoms. The fourth-order valence-electron chi connectivity index (χ4n) is 1.33. The van der Waals surface area contributed by atoms with E-state index in [2.05, 4.69) is 16.0 Å². The first-order valence-electron chi connectivity index (χ1n) is 6.05. The van der Waals surface area contributed by atoms with Crippen molar-refractivity contribution >= 4 is 17.9 Å². The van der Waals surface area contributed by atoms with E-state index in [0.29, 0.717) is 19.4 Å². The molecule has 0 heterocycles. The summed E-state index contributed by atoms with van der Waals surface area (Å²) < 4.78 is 0. The van der Waals surface area contributed by atoms with Crippen LogP contribution in [0, 0.1) is 0 Å². The van der Waals surface area contributed by atoms with E-state index >= 15 is 0 Å². The second-order valence-electron chi connectivity index (χ2n) is 3.78. The minimum Gasteiger partial charge on any atom is -0.480 e. The molecule has 7 heteroatoms. The van der Waals surface area contributed by atoms with E-state index in [0.717, 1.165) is 0 Å². The van der Waals surface area contributed by atoms with E-state index in [1.165, 1.54) is 0 Å². The molecule has 1 atom stereocenters. The van der Waals surface area contributed by atoms with Gasteiger partial charge in [0.1, 0.15) is 6.04 Å². The van der Waals surface area contributed by atoms with Crippen LogP contribution in [0.4, 0.5) is 4.79 Å². The van der Waals surface area contributed by atoms with Gasteiger partial charge in [-0.1, -0.05) is 13.3 Å². The molecule has 0 aromatic carbocycles. The number of carboxylic acid groups (broad SMARTS) is 1. The maximum absolute atomic E-state index is 11.4. The molecule has 0 saturated carbocycles. The maximum Gasteiger partial charge on any atom is 0.326 e. The molecule has 0 aliphatic carbocycles. The van der Waals surface area contributed by atoms with Crippen LogP contribution in [0.1, 0.15) is 33.1 Å². The van der Waals surface area contributed by atoms with E-state index in [4.69, 9.17) is 5.11 Å². The number of amides is 3. The highest BCUT2D eigenvalue weighted by Crippen LogP contribution is 1.96. The van der Waals surface area contributed by atoms with Crippen molar-refractivity contribution in [2.75, 3.05) is 13.1 Å². The van der Waals surface area contributed by atoms with Gasteiger partial charge in [0.15, 0.2) is 0 Å². The van der Waals surface area contributed by atoms with Gasteiger partial charge in [0, 0.05) is 19.5 Å². The summed E-state index contributed by atoms with van der Waals surface area (Å²) in [5, 5.41) is 16.2. The summed E-state index contributed by atoms with van der Waals surface area (Å²) in [5.74, 6) is -1.21. The zero-order valence-corrected chi connectivity index (χ0v) is 10.8. The van der Waals surface area contributed by atoms with Crippen molar-refractivity contribution in [2.45, 2.75) is 39.2 Å². The summed E-state index contributed by atoms with van der Waals surface area (Å²) in [4.78, 5) is 33.2. The Labute approximate surface area is 106 Å². The summed E-state index contributed by atoms with van der Waals surface area (Å²) in [6.45, 7) is 4.36. The Hall–Kier alpha value is -1.79. The van der Waals surface area contributed by atoms with Gasteiger partial charge < -0.3 is 21.1 Å². The molecule has 0 aliphatic heterocycles. The number of hydrogen-bond acceptors (Lipinski definition) is 3. The van der Waals surface area contributed by atoms with Crippen LogP contribution >= 0.6 is 0 Å². The number of aliphatic carboxylic acids is 1. The third-order valence-electron chi connectivity index (χ3n) is 2.19. The Morgan fingerprint density at radius 1 is 1.17 bits per heavy atom. The molecular weight excluding hydrogens is 238 g/mol. The third-order valence-corrected chi connectivity index (χ3v) is 2.19. The molecule has 0 aromatic rings. The van der Waals surface area contributed by atoms with Crippen molar-refractivity contribution in [3.05, 3.63) is 0 Å². The van der Waals surface area contributed by atoms with Crippen LogP contribution in [0.2, 0.25) is 0 Å². The quantitative estimate of drug-likeness (QED) is 0.494. The second kappa shape index (κ2) is 9.26. The molecule has 0 aromatic heterocycles. The highest BCUT2D eigenvalue weighted by molar-refractivity contribution is 5.83. The lowest BCUT2D eigenvalue weighted by Gasteiger charge is -2.14. The van der Waals surface area contributed by atoms with E-state index in [-0.39, 0.29) is 18.9 Å². The molecule has 3 amide bonds. The fourth-order valence-corrected chi connectivity index (χ4v) is 1.33. The minimum atomic E-state index is -1.06. The number of carbonyl (C=O) groups is 3. The minimum absolute atomic E-state index is 0.152. The van der Waals surface area contributed by atoms with Crippen molar-refractivity contribution in [2.24, 2.45) is 0 Å². The van der Waals surface area contributed by atoms with Crippen LogP contribution in [0.15, 0.2) is 0 Å². The van der Waals surface area contributed by atoms with E-state index in [9.17, 15) is 14.4 Å². The molecule has 0 rings (SSSR count). The molecule has 0 saturated heterocycles. The number of hydrogen-bond donors (Lipinski definition) is 4. The summed E-state index contributed by atoms with van der Waals surface area (Å²) in [7, 11) is 0.